The molecule has 0 fully saturated rings. The molecule has 2 aromatic rings. The molecule has 0 unspecified atom stereocenters. The molecule has 2 rings (SSSR count). The van der Waals surface area contributed by atoms with Gasteiger partial charge in [0.2, 0.25) is 5.91 Å². The Hall–Kier alpha value is -3.42. The normalized spacial score (nSPS) is 10.7. The van der Waals surface area contributed by atoms with Crippen molar-refractivity contribution in [2.75, 3.05) is 18.0 Å². The number of aromatic hydroxyl groups is 1. The van der Waals surface area contributed by atoms with E-state index in [0.717, 1.165) is 18.8 Å². The number of nitro benzene ring substituents is 1. The quantitative estimate of drug-likeness (QED) is 0.422. The number of non-ortho nitro benzene ring substituents is 1. The molecule has 8 nitrogen and oxygen atoms in total. The Kier molecular flexibility index (Phi) is 6.87. The number of phenolic OH excluding ortho intramolecular Hbond substituents is 1. The van der Waals surface area contributed by atoms with Gasteiger partial charge in [0.15, 0.2) is 0 Å². The molecule has 0 aliphatic carbocycles. The Balaban J connectivity index is 1.94. The van der Waals surface area contributed by atoms with Gasteiger partial charge in [0.05, 0.1) is 17.6 Å². The average Bonchev–Trinajstić information content (AvgIpc) is 2.65. The van der Waals surface area contributed by atoms with E-state index in [9.17, 15) is 20.0 Å². The molecule has 142 valence electrons. The number of nitro groups is 1. The molecule has 0 atom stereocenters. The number of carbonyl (C=O) groups is 1. The van der Waals surface area contributed by atoms with Crippen molar-refractivity contribution in [1.82, 2.24) is 5.43 Å². The van der Waals surface area contributed by atoms with E-state index in [1.807, 2.05) is 19.9 Å². The number of hydrogen-bond acceptors (Lipinski definition) is 6. The van der Waals surface area contributed by atoms with E-state index >= 15 is 0 Å². The largest absolute Gasteiger partial charge is 0.507 e. The van der Waals surface area contributed by atoms with Gasteiger partial charge in [-0.15, -0.1) is 0 Å². The van der Waals surface area contributed by atoms with Crippen molar-refractivity contribution >= 4 is 23.5 Å². The maximum absolute atomic E-state index is 11.9. The molecule has 2 aromatic carbocycles. The highest BCUT2D eigenvalue weighted by molar-refractivity contribution is 5.86. The highest BCUT2D eigenvalue weighted by Gasteiger charge is 2.08. The molecule has 27 heavy (non-hydrogen) atoms. The number of phenols is 1. The lowest BCUT2D eigenvalue weighted by atomic mass is 10.1. The maximum Gasteiger partial charge on any atom is 0.269 e. The summed E-state index contributed by atoms with van der Waals surface area (Å²) in [5, 5.41) is 24.6. The Morgan fingerprint density at radius 3 is 2.44 bits per heavy atom. The molecule has 0 bridgehead atoms. The zero-order valence-corrected chi connectivity index (χ0v) is 15.3. The van der Waals surface area contributed by atoms with E-state index in [1.54, 1.807) is 12.1 Å². The standard InChI is InChI=1S/C19H22N4O4/c1-3-22(4-2)17-10-7-15(18(24)12-17)13-20-21-19(25)11-14-5-8-16(9-6-14)23(26)27/h5-10,12-13,24H,3-4,11H2,1-2H3,(H,21,25). The van der Waals surface area contributed by atoms with Crippen LogP contribution in [0.15, 0.2) is 47.6 Å². The van der Waals surface area contributed by atoms with Gasteiger partial charge in [-0.25, -0.2) is 5.43 Å². The van der Waals surface area contributed by atoms with Crippen LogP contribution in [0.1, 0.15) is 25.0 Å². The zero-order valence-electron chi connectivity index (χ0n) is 15.3. The summed E-state index contributed by atoms with van der Waals surface area (Å²) in [4.78, 5) is 24.1. The molecule has 0 heterocycles. The summed E-state index contributed by atoms with van der Waals surface area (Å²) in [7, 11) is 0. The van der Waals surface area contributed by atoms with Gasteiger partial charge in [0, 0.05) is 42.5 Å². The van der Waals surface area contributed by atoms with Gasteiger partial charge in [-0.3, -0.25) is 14.9 Å². The third-order valence-electron chi connectivity index (χ3n) is 4.05. The third kappa shape index (κ3) is 5.53. The molecule has 1 amide bonds. The number of nitrogens with one attached hydrogen (secondary N) is 1. The first-order valence-corrected chi connectivity index (χ1v) is 8.57. The fourth-order valence-electron chi connectivity index (χ4n) is 2.56. The number of carbonyl (C=O) groups excluding carboxylic acids is 1. The topological polar surface area (TPSA) is 108 Å². The van der Waals surface area contributed by atoms with E-state index < -0.39 is 4.92 Å². The Morgan fingerprint density at radius 2 is 1.89 bits per heavy atom. The van der Waals surface area contributed by atoms with Crippen LogP contribution in [-0.4, -0.2) is 35.2 Å². The molecular formula is C19H22N4O4. The molecular weight excluding hydrogens is 348 g/mol. The van der Waals surface area contributed by atoms with Crippen molar-refractivity contribution in [1.29, 1.82) is 0 Å². The molecule has 0 radical (unpaired) electrons. The first-order valence-electron chi connectivity index (χ1n) is 8.57. The zero-order chi connectivity index (χ0) is 19.8. The second kappa shape index (κ2) is 9.33. The van der Waals surface area contributed by atoms with Crippen LogP contribution in [0.5, 0.6) is 5.75 Å². The molecule has 0 aliphatic rings. The van der Waals surface area contributed by atoms with Crippen LogP contribution in [0.25, 0.3) is 0 Å². The number of benzene rings is 2. The number of rotatable bonds is 8. The fourth-order valence-corrected chi connectivity index (χ4v) is 2.56. The van der Waals surface area contributed by atoms with Crippen LogP contribution in [-0.2, 0) is 11.2 Å². The van der Waals surface area contributed by atoms with Crippen LogP contribution in [0, 0.1) is 10.1 Å². The minimum Gasteiger partial charge on any atom is -0.507 e. The van der Waals surface area contributed by atoms with Crippen LogP contribution < -0.4 is 10.3 Å². The van der Waals surface area contributed by atoms with Crippen LogP contribution in [0.2, 0.25) is 0 Å². The van der Waals surface area contributed by atoms with E-state index in [2.05, 4.69) is 15.4 Å². The molecule has 0 spiro atoms. The van der Waals surface area contributed by atoms with Crippen molar-refractivity contribution in [2.45, 2.75) is 20.3 Å². The minimum absolute atomic E-state index is 0.0270. The summed E-state index contributed by atoms with van der Waals surface area (Å²) < 4.78 is 0. The lowest BCUT2D eigenvalue weighted by molar-refractivity contribution is -0.384. The lowest BCUT2D eigenvalue weighted by Crippen LogP contribution is -2.21. The third-order valence-corrected chi connectivity index (χ3v) is 4.05. The number of hydrazone groups is 1. The van der Waals surface area contributed by atoms with Crippen molar-refractivity contribution in [2.24, 2.45) is 5.10 Å². The second-order valence-corrected chi connectivity index (χ2v) is 5.81. The van der Waals surface area contributed by atoms with E-state index in [0.29, 0.717) is 11.1 Å². The minimum atomic E-state index is -0.494. The van der Waals surface area contributed by atoms with E-state index in [4.69, 9.17) is 0 Å². The molecule has 0 aliphatic heterocycles. The fraction of sp³-hybridized carbons (Fsp3) is 0.263. The predicted molar refractivity (Wildman–Crippen MR) is 104 cm³/mol. The molecule has 8 heteroatoms. The molecule has 0 saturated carbocycles. The van der Waals surface area contributed by atoms with Gasteiger partial charge in [-0.1, -0.05) is 12.1 Å². The lowest BCUT2D eigenvalue weighted by Gasteiger charge is -2.21. The number of hydrogen-bond donors (Lipinski definition) is 2. The van der Waals surface area contributed by atoms with Gasteiger partial charge in [-0.05, 0) is 31.5 Å². The van der Waals surface area contributed by atoms with Gasteiger partial charge >= 0.3 is 0 Å². The van der Waals surface area contributed by atoms with Crippen molar-refractivity contribution in [3.63, 3.8) is 0 Å². The smallest absolute Gasteiger partial charge is 0.269 e. The van der Waals surface area contributed by atoms with Crippen LogP contribution in [0.3, 0.4) is 0 Å². The summed E-state index contributed by atoms with van der Waals surface area (Å²) >= 11 is 0. The number of amides is 1. The summed E-state index contributed by atoms with van der Waals surface area (Å²) in [6.45, 7) is 5.75. The summed E-state index contributed by atoms with van der Waals surface area (Å²) in [6.07, 6.45) is 1.41. The first kappa shape index (κ1) is 19.9. The monoisotopic (exact) mass is 370 g/mol. The SMILES string of the molecule is CCN(CC)c1ccc(C=NNC(=O)Cc2ccc([N+](=O)[O-])cc2)c(O)c1. The van der Waals surface area contributed by atoms with Crippen LogP contribution in [0.4, 0.5) is 11.4 Å². The van der Waals surface area contributed by atoms with E-state index in [-0.39, 0.29) is 23.8 Å². The van der Waals surface area contributed by atoms with Crippen LogP contribution >= 0.6 is 0 Å². The molecule has 0 aromatic heterocycles. The summed E-state index contributed by atoms with van der Waals surface area (Å²) in [5.74, 6) is -0.285. The van der Waals surface area contributed by atoms with Crippen molar-refractivity contribution in [3.8, 4) is 5.75 Å². The second-order valence-electron chi connectivity index (χ2n) is 5.81. The summed E-state index contributed by atoms with van der Waals surface area (Å²) in [6, 6.07) is 11.0. The van der Waals surface area contributed by atoms with Crippen molar-refractivity contribution in [3.05, 3.63) is 63.7 Å². The van der Waals surface area contributed by atoms with E-state index in [1.165, 1.54) is 30.5 Å². The average molecular weight is 370 g/mol. The highest BCUT2D eigenvalue weighted by Crippen LogP contribution is 2.23. The van der Waals surface area contributed by atoms with Gasteiger partial charge < -0.3 is 10.0 Å². The predicted octanol–water partition coefficient (Wildman–Crippen LogP) is 2.84. The van der Waals surface area contributed by atoms with Crippen molar-refractivity contribution < 1.29 is 14.8 Å². The van der Waals surface area contributed by atoms with Gasteiger partial charge in [0.25, 0.3) is 5.69 Å². The Bertz CT molecular complexity index is 830. The van der Waals surface area contributed by atoms with Gasteiger partial charge in [0.1, 0.15) is 5.75 Å². The molecule has 2 N–H and O–H groups in total. The number of anilines is 1. The molecule has 0 saturated heterocycles. The highest BCUT2D eigenvalue weighted by atomic mass is 16.6. The Labute approximate surface area is 157 Å². The number of nitrogens with zero attached hydrogens (tertiary/aromatic N) is 3. The maximum atomic E-state index is 11.9. The van der Waals surface area contributed by atoms with Gasteiger partial charge in [-0.2, -0.15) is 5.10 Å². The summed E-state index contributed by atoms with van der Waals surface area (Å²) in [5.41, 5.74) is 4.39. The first-order chi connectivity index (χ1) is 12.9. The Morgan fingerprint density at radius 1 is 1.22 bits per heavy atom.